The van der Waals surface area contributed by atoms with Crippen LogP contribution in [-0.2, 0) is 10.8 Å². The molecule has 0 fully saturated rings. The van der Waals surface area contributed by atoms with Gasteiger partial charge in [0.15, 0.2) is 0 Å². The SMILES string of the molecule is [CH2]C(C)(C)c1ccccc1.[CH2]C(C)(C)c1ccccc1.[Cl-].[In+]. The molecule has 116 valence electrons. The fourth-order valence-electron chi connectivity index (χ4n) is 1.78. The summed E-state index contributed by atoms with van der Waals surface area (Å²) in [6, 6.07) is 20.6. The molecule has 0 saturated heterocycles. The van der Waals surface area contributed by atoms with Gasteiger partial charge in [-0.1, -0.05) is 88.4 Å². The first-order chi connectivity index (χ1) is 9.21. The Morgan fingerprint density at radius 2 is 0.818 bits per heavy atom. The van der Waals surface area contributed by atoms with Crippen LogP contribution in [0, 0.1) is 13.8 Å². The summed E-state index contributed by atoms with van der Waals surface area (Å²) in [6.45, 7) is 16.5. The molecule has 0 aliphatic rings. The van der Waals surface area contributed by atoms with E-state index in [0.717, 1.165) is 0 Å². The molecule has 2 aromatic carbocycles. The van der Waals surface area contributed by atoms with Crippen molar-refractivity contribution < 1.29 is 12.4 Å². The summed E-state index contributed by atoms with van der Waals surface area (Å²) in [5.41, 5.74) is 2.66. The predicted octanol–water partition coefficient (Wildman–Crippen LogP) is 2.22. The Bertz CT molecular complexity index is 443. The zero-order valence-corrected chi connectivity index (χ0v) is 18.2. The molecule has 0 unspecified atom stereocenters. The van der Waals surface area contributed by atoms with Gasteiger partial charge < -0.3 is 12.4 Å². The second kappa shape index (κ2) is 10.4. The van der Waals surface area contributed by atoms with E-state index in [1.807, 2.05) is 36.4 Å². The van der Waals surface area contributed by atoms with Crippen molar-refractivity contribution >= 4 is 25.8 Å². The number of halogens is 1. The van der Waals surface area contributed by atoms with Crippen molar-refractivity contribution in [3.05, 3.63) is 85.6 Å². The summed E-state index contributed by atoms with van der Waals surface area (Å²) in [5, 5.41) is 0. The standard InChI is InChI=1S/2C10H13.ClH.In/c2*1-10(2,3)9-7-5-4-6-8-9;;/h2*4-8H,1H2,2-3H3;1H;/q;;;+1/p-1. The molecule has 0 N–H and O–H groups in total. The Hall–Kier alpha value is -0.400. The van der Waals surface area contributed by atoms with E-state index in [1.165, 1.54) is 11.1 Å². The van der Waals surface area contributed by atoms with E-state index in [2.05, 4.69) is 65.8 Å². The summed E-state index contributed by atoms with van der Waals surface area (Å²) in [6.07, 6.45) is 0. The van der Waals surface area contributed by atoms with Gasteiger partial charge in [0, 0.05) is 0 Å². The Morgan fingerprint density at radius 1 is 0.591 bits per heavy atom. The molecule has 0 heterocycles. The largest absolute Gasteiger partial charge is 1.00 e. The maximum absolute atomic E-state index is 4.04. The number of rotatable bonds is 2. The molecule has 0 bridgehead atoms. The average molecular weight is 417 g/mol. The molecule has 0 aliphatic carbocycles. The van der Waals surface area contributed by atoms with Gasteiger partial charge in [0.2, 0.25) is 0 Å². The second-order valence-electron chi connectivity index (χ2n) is 6.50. The normalized spacial score (nSPS) is 10.5. The van der Waals surface area contributed by atoms with Crippen LogP contribution in [-0.4, -0.2) is 25.8 Å². The Morgan fingerprint density at radius 3 is 0.955 bits per heavy atom. The van der Waals surface area contributed by atoms with Crippen molar-refractivity contribution in [3.8, 4) is 0 Å². The van der Waals surface area contributed by atoms with Crippen LogP contribution in [0.2, 0.25) is 0 Å². The summed E-state index contributed by atoms with van der Waals surface area (Å²) >= 11 is 0. The Balaban J connectivity index is 0. The molecule has 22 heavy (non-hydrogen) atoms. The second-order valence-corrected chi connectivity index (χ2v) is 6.50. The minimum Gasteiger partial charge on any atom is -1.00 e. The number of hydrogen-bond acceptors (Lipinski definition) is 0. The van der Waals surface area contributed by atoms with Crippen molar-refractivity contribution in [2.24, 2.45) is 0 Å². The molecule has 0 aromatic heterocycles. The molecular weight excluding hydrogens is 390 g/mol. The monoisotopic (exact) mass is 416 g/mol. The molecule has 2 aromatic rings. The molecule has 0 aliphatic heterocycles. The first kappa shape index (κ1) is 23.9. The van der Waals surface area contributed by atoms with E-state index < -0.39 is 0 Å². The fourth-order valence-corrected chi connectivity index (χ4v) is 1.78. The zero-order chi connectivity index (χ0) is 15.2. The minimum absolute atomic E-state index is 0. The molecule has 0 atom stereocenters. The minimum atomic E-state index is 0. The van der Waals surface area contributed by atoms with Gasteiger partial charge in [-0.25, -0.2) is 0 Å². The van der Waals surface area contributed by atoms with Gasteiger partial charge in [-0.15, -0.1) is 0 Å². The Kier molecular flexibility index (Phi) is 11.3. The van der Waals surface area contributed by atoms with E-state index >= 15 is 0 Å². The van der Waals surface area contributed by atoms with E-state index in [-0.39, 0.29) is 49.1 Å². The summed E-state index contributed by atoms with van der Waals surface area (Å²) in [7, 11) is 0. The van der Waals surface area contributed by atoms with E-state index in [1.54, 1.807) is 0 Å². The van der Waals surface area contributed by atoms with Gasteiger partial charge in [-0.05, 0) is 35.8 Å². The van der Waals surface area contributed by atoms with Crippen LogP contribution < -0.4 is 12.4 Å². The van der Waals surface area contributed by atoms with E-state index in [4.69, 9.17) is 0 Å². The predicted molar refractivity (Wildman–Crippen MR) is 95.4 cm³/mol. The fraction of sp³-hybridized carbons (Fsp3) is 0.300. The molecule has 0 spiro atoms. The average Bonchev–Trinajstić information content (AvgIpc) is 2.40. The van der Waals surface area contributed by atoms with E-state index in [9.17, 15) is 0 Å². The van der Waals surface area contributed by atoms with Crippen molar-refractivity contribution in [2.75, 3.05) is 0 Å². The maximum atomic E-state index is 4.04. The Labute approximate surface area is 161 Å². The van der Waals surface area contributed by atoms with Crippen LogP contribution in [0.25, 0.3) is 0 Å². The van der Waals surface area contributed by atoms with E-state index in [0.29, 0.717) is 0 Å². The van der Waals surface area contributed by atoms with Crippen molar-refractivity contribution in [3.63, 3.8) is 0 Å². The number of hydrogen-bond donors (Lipinski definition) is 0. The molecular formula is C20H26ClIn. The molecule has 4 radical (unpaired) electrons. The first-order valence-electron chi connectivity index (χ1n) is 7.03. The van der Waals surface area contributed by atoms with Crippen LogP contribution in [0.1, 0.15) is 38.8 Å². The van der Waals surface area contributed by atoms with Crippen molar-refractivity contribution in [2.45, 2.75) is 38.5 Å². The van der Waals surface area contributed by atoms with Gasteiger partial charge in [-0.2, -0.15) is 0 Å². The van der Waals surface area contributed by atoms with Crippen molar-refractivity contribution in [1.29, 1.82) is 0 Å². The van der Waals surface area contributed by atoms with Gasteiger partial charge in [-0.3, -0.25) is 0 Å². The van der Waals surface area contributed by atoms with Crippen LogP contribution in [0.3, 0.4) is 0 Å². The quantitative estimate of drug-likeness (QED) is 0.704. The third-order valence-electron chi connectivity index (χ3n) is 3.11. The number of benzene rings is 2. The molecule has 2 rings (SSSR count). The van der Waals surface area contributed by atoms with Crippen LogP contribution in [0.4, 0.5) is 0 Å². The van der Waals surface area contributed by atoms with Crippen LogP contribution in [0.5, 0.6) is 0 Å². The summed E-state index contributed by atoms with van der Waals surface area (Å²) in [4.78, 5) is 0. The first-order valence-corrected chi connectivity index (χ1v) is 7.03. The molecule has 0 amide bonds. The smallest absolute Gasteiger partial charge is 1.00 e. The van der Waals surface area contributed by atoms with Gasteiger partial charge >= 0.3 is 25.8 Å². The van der Waals surface area contributed by atoms with Crippen LogP contribution >= 0.6 is 0 Å². The molecule has 0 nitrogen and oxygen atoms in total. The van der Waals surface area contributed by atoms with Crippen molar-refractivity contribution in [1.82, 2.24) is 0 Å². The summed E-state index contributed by atoms with van der Waals surface area (Å²) in [5.74, 6) is 0. The molecule has 2 heteroatoms. The van der Waals surface area contributed by atoms with Gasteiger partial charge in [0.25, 0.3) is 0 Å². The molecule has 0 saturated carbocycles. The third-order valence-corrected chi connectivity index (χ3v) is 3.11. The topological polar surface area (TPSA) is 0 Å². The zero-order valence-electron chi connectivity index (χ0n) is 14.1. The maximum Gasteiger partial charge on any atom is 1.00 e. The van der Waals surface area contributed by atoms with Crippen LogP contribution in [0.15, 0.2) is 60.7 Å². The summed E-state index contributed by atoms with van der Waals surface area (Å²) < 4.78 is 0. The van der Waals surface area contributed by atoms with Gasteiger partial charge in [0.1, 0.15) is 0 Å². The van der Waals surface area contributed by atoms with Gasteiger partial charge in [0.05, 0.1) is 0 Å². The third kappa shape index (κ3) is 8.90.